The molecule has 15 heavy (non-hydrogen) atoms. The van der Waals surface area contributed by atoms with Crippen LogP contribution in [0.1, 0.15) is 20.8 Å². The molecule has 0 unspecified atom stereocenters. The minimum absolute atomic E-state index is 0.0297. The quantitative estimate of drug-likeness (QED) is 0.783. The van der Waals surface area contributed by atoms with E-state index in [2.05, 4.69) is 4.99 Å². The molecule has 0 aromatic carbocycles. The summed E-state index contributed by atoms with van der Waals surface area (Å²) in [5, 5.41) is 9.56. The highest BCUT2D eigenvalue weighted by atomic mass is 32.2. The van der Waals surface area contributed by atoms with Gasteiger partial charge in [-0.05, 0) is 33.1 Å². The lowest BCUT2D eigenvalue weighted by molar-refractivity contribution is -0.137. The molecule has 0 aromatic heterocycles. The van der Waals surface area contributed by atoms with Crippen molar-refractivity contribution in [1.29, 1.82) is 0 Å². The molecule has 1 aliphatic heterocycles. The highest BCUT2D eigenvalue weighted by Crippen LogP contribution is 2.25. The number of thioether (sulfide) groups is 1. The maximum atomic E-state index is 10.7. The molecular formula is C10H16N2O2S. The SMILES string of the molecule is CSC1=NC(C)(C)C=C(C)N1CC(=O)O. The lowest BCUT2D eigenvalue weighted by Gasteiger charge is -2.32. The third kappa shape index (κ3) is 2.99. The number of amidine groups is 1. The van der Waals surface area contributed by atoms with E-state index in [-0.39, 0.29) is 12.1 Å². The number of aliphatic carboxylic acids is 1. The molecule has 0 aliphatic carbocycles. The van der Waals surface area contributed by atoms with Crippen LogP contribution in [0.15, 0.2) is 16.8 Å². The Kier molecular flexibility index (Phi) is 3.44. The number of hydrogen-bond acceptors (Lipinski definition) is 4. The first-order valence-corrected chi connectivity index (χ1v) is 5.91. The van der Waals surface area contributed by atoms with Crippen molar-refractivity contribution in [3.05, 3.63) is 11.8 Å². The molecule has 0 aromatic rings. The molecule has 0 radical (unpaired) electrons. The lowest BCUT2D eigenvalue weighted by atomic mass is 10.0. The molecule has 4 nitrogen and oxygen atoms in total. The summed E-state index contributed by atoms with van der Waals surface area (Å²) in [6, 6.07) is 0. The summed E-state index contributed by atoms with van der Waals surface area (Å²) < 4.78 is 0. The van der Waals surface area contributed by atoms with Crippen molar-refractivity contribution in [3.63, 3.8) is 0 Å². The number of rotatable bonds is 2. The number of hydrogen-bond donors (Lipinski definition) is 1. The molecule has 0 bridgehead atoms. The van der Waals surface area contributed by atoms with Gasteiger partial charge in [0.1, 0.15) is 6.54 Å². The van der Waals surface area contributed by atoms with E-state index in [0.29, 0.717) is 0 Å². The van der Waals surface area contributed by atoms with Crippen LogP contribution in [0.3, 0.4) is 0 Å². The number of aliphatic imine (C=N–C) groups is 1. The van der Waals surface area contributed by atoms with Crippen LogP contribution in [-0.4, -0.2) is 39.5 Å². The van der Waals surface area contributed by atoms with E-state index < -0.39 is 5.97 Å². The lowest BCUT2D eigenvalue weighted by Crippen LogP contribution is -2.38. The Morgan fingerprint density at radius 1 is 1.67 bits per heavy atom. The Hall–Kier alpha value is -0.970. The van der Waals surface area contributed by atoms with Crippen LogP contribution in [0.2, 0.25) is 0 Å². The summed E-state index contributed by atoms with van der Waals surface area (Å²) in [5.41, 5.74) is 0.707. The Morgan fingerprint density at radius 3 is 2.73 bits per heavy atom. The molecule has 84 valence electrons. The largest absolute Gasteiger partial charge is 0.480 e. The zero-order valence-electron chi connectivity index (χ0n) is 9.44. The fraction of sp³-hybridized carbons (Fsp3) is 0.600. The number of carboxylic acids is 1. The third-order valence-corrected chi connectivity index (χ3v) is 2.76. The average molecular weight is 228 g/mol. The van der Waals surface area contributed by atoms with Crippen molar-refractivity contribution in [2.75, 3.05) is 12.8 Å². The fourth-order valence-electron chi connectivity index (χ4n) is 1.56. The predicted molar refractivity (Wildman–Crippen MR) is 63.1 cm³/mol. The second kappa shape index (κ2) is 4.26. The van der Waals surface area contributed by atoms with E-state index in [1.807, 2.05) is 33.1 Å². The number of allylic oxidation sites excluding steroid dienone is 1. The number of nitrogens with zero attached hydrogens (tertiary/aromatic N) is 2. The first kappa shape index (κ1) is 12.1. The summed E-state index contributed by atoms with van der Waals surface area (Å²) in [5.74, 6) is -0.843. The summed E-state index contributed by atoms with van der Waals surface area (Å²) in [7, 11) is 0. The molecule has 0 spiro atoms. The van der Waals surface area contributed by atoms with Crippen LogP contribution in [-0.2, 0) is 4.79 Å². The molecule has 0 fully saturated rings. The highest BCUT2D eigenvalue weighted by Gasteiger charge is 2.26. The van der Waals surface area contributed by atoms with Gasteiger partial charge in [0, 0.05) is 5.70 Å². The van der Waals surface area contributed by atoms with Crippen LogP contribution < -0.4 is 0 Å². The van der Waals surface area contributed by atoms with Crippen LogP contribution in [0, 0.1) is 0 Å². The van der Waals surface area contributed by atoms with Crippen molar-refractivity contribution in [2.45, 2.75) is 26.3 Å². The minimum Gasteiger partial charge on any atom is -0.480 e. The van der Waals surface area contributed by atoms with Crippen molar-refractivity contribution < 1.29 is 9.90 Å². The predicted octanol–water partition coefficient (Wildman–Crippen LogP) is 1.79. The van der Waals surface area contributed by atoms with E-state index in [4.69, 9.17) is 5.11 Å². The molecule has 0 saturated heterocycles. The zero-order chi connectivity index (χ0) is 11.6. The molecule has 1 rings (SSSR count). The van der Waals surface area contributed by atoms with Crippen molar-refractivity contribution in [3.8, 4) is 0 Å². The Bertz CT molecular complexity index is 334. The topological polar surface area (TPSA) is 52.9 Å². The van der Waals surface area contributed by atoms with Crippen molar-refractivity contribution in [1.82, 2.24) is 4.90 Å². The molecule has 1 N–H and O–H groups in total. The summed E-state index contributed by atoms with van der Waals surface area (Å²) >= 11 is 1.47. The number of carboxylic acid groups (broad SMARTS) is 1. The molecular weight excluding hydrogens is 212 g/mol. The van der Waals surface area contributed by atoms with Crippen molar-refractivity contribution in [2.24, 2.45) is 4.99 Å². The van der Waals surface area contributed by atoms with E-state index in [9.17, 15) is 4.79 Å². The normalized spacial score (nSPS) is 19.6. The van der Waals surface area contributed by atoms with Gasteiger partial charge in [0.2, 0.25) is 0 Å². The van der Waals surface area contributed by atoms with Crippen LogP contribution in [0.4, 0.5) is 0 Å². The van der Waals surface area contributed by atoms with Gasteiger partial charge in [-0.15, -0.1) is 0 Å². The molecule has 1 heterocycles. The van der Waals surface area contributed by atoms with Gasteiger partial charge >= 0.3 is 5.97 Å². The summed E-state index contributed by atoms with van der Waals surface area (Å²) in [6.45, 7) is 5.89. The maximum absolute atomic E-state index is 10.7. The third-order valence-electron chi connectivity index (χ3n) is 2.08. The van der Waals surface area contributed by atoms with Gasteiger partial charge in [-0.25, -0.2) is 0 Å². The minimum atomic E-state index is -0.843. The molecule has 1 aliphatic rings. The summed E-state index contributed by atoms with van der Waals surface area (Å²) in [6.07, 6.45) is 3.89. The molecule has 5 heteroatoms. The Morgan fingerprint density at radius 2 is 2.27 bits per heavy atom. The Balaban J connectivity index is 2.97. The molecule has 0 atom stereocenters. The van der Waals surface area contributed by atoms with Gasteiger partial charge in [0.05, 0.1) is 5.54 Å². The van der Waals surface area contributed by atoms with E-state index in [1.54, 1.807) is 4.90 Å². The average Bonchev–Trinajstić information content (AvgIpc) is 2.08. The molecule has 0 saturated carbocycles. The van der Waals surface area contributed by atoms with Gasteiger partial charge < -0.3 is 10.0 Å². The van der Waals surface area contributed by atoms with Crippen molar-refractivity contribution >= 4 is 22.9 Å². The smallest absolute Gasteiger partial charge is 0.323 e. The fourth-order valence-corrected chi connectivity index (χ4v) is 2.32. The van der Waals surface area contributed by atoms with Gasteiger partial charge in [0.25, 0.3) is 0 Å². The number of carbonyl (C=O) groups is 1. The highest BCUT2D eigenvalue weighted by molar-refractivity contribution is 8.13. The first-order chi connectivity index (χ1) is 6.85. The summed E-state index contributed by atoms with van der Waals surface area (Å²) in [4.78, 5) is 16.9. The van der Waals surface area contributed by atoms with Gasteiger partial charge in [-0.1, -0.05) is 11.8 Å². The second-order valence-electron chi connectivity index (χ2n) is 4.02. The monoisotopic (exact) mass is 228 g/mol. The molecule has 0 amide bonds. The maximum Gasteiger partial charge on any atom is 0.323 e. The van der Waals surface area contributed by atoms with E-state index in [0.717, 1.165) is 10.9 Å². The van der Waals surface area contributed by atoms with Gasteiger partial charge in [0.15, 0.2) is 5.17 Å². The Labute approximate surface area is 94.1 Å². The van der Waals surface area contributed by atoms with E-state index >= 15 is 0 Å². The zero-order valence-corrected chi connectivity index (χ0v) is 10.3. The standard InChI is InChI=1S/C10H16N2O2S/c1-7-5-10(2,3)11-9(15-4)12(7)6-8(13)14/h5H,6H2,1-4H3,(H,13,14). The van der Waals surface area contributed by atoms with Crippen LogP contribution in [0.25, 0.3) is 0 Å². The van der Waals surface area contributed by atoms with Crippen LogP contribution >= 0.6 is 11.8 Å². The second-order valence-corrected chi connectivity index (χ2v) is 4.79. The van der Waals surface area contributed by atoms with Crippen LogP contribution in [0.5, 0.6) is 0 Å². The van der Waals surface area contributed by atoms with Gasteiger partial charge in [-0.3, -0.25) is 9.79 Å². The van der Waals surface area contributed by atoms with E-state index in [1.165, 1.54) is 11.8 Å². The first-order valence-electron chi connectivity index (χ1n) is 4.68. The van der Waals surface area contributed by atoms with Gasteiger partial charge in [-0.2, -0.15) is 0 Å².